The van der Waals surface area contributed by atoms with Gasteiger partial charge in [-0.1, -0.05) is 6.07 Å². The van der Waals surface area contributed by atoms with E-state index < -0.39 is 0 Å². The molecule has 2 aromatic heterocycles. The third-order valence-electron chi connectivity index (χ3n) is 4.59. The van der Waals surface area contributed by atoms with Crippen molar-refractivity contribution in [1.29, 1.82) is 0 Å². The number of H-pyrrole nitrogens is 1. The number of hydrogen-bond acceptors (Lipinski definition) is 3. The van der Waals surface area contributed by atoms with E-state index in [0.717, 1.165) is 29.7 Å². The number of carbonyl (C=O) groups excluding carboxylic acids is 1. The van der Waals surface area contributed by atoms with Gasteiger partial charge in [-0.25, -0.2) is 4.98 Å². The number of nitrogens with zero attached hydrogens (tertiary/aromatic N) is 2. The molecule has 0 saturated carbocycles. The molecule has 6 heteroatoms. The average Bonchev–Trinajstić information content (AvgIpc) is 3.33. The number of aryl methyl sites for hydroxylation is 1. The lowest BCUT2D eigenvalue weighted by molar-refractivity contribution is 0.0776. The smallest absolute Gasteiger partial charge is 0.252 e. The van der Waals surface area contributed by atoms with Crippen LogP contribution in [0.3, 0.4) is 0 Å². The van der Waals surface area contributed by atoms with Crippen molar-refractivity contribution in [3.05, 3.63) is 54.2 Å². The van der Waals surface area contributed by atoms with Crippen LogP contribution in [0.4, 0.5) is 0 Å². The third kappa shape index (κ3) is 2.49. The number of imidazole rings is 1. The van der Waals surface area contributed by atoms with Gasteiger partial charge in [0.1, 0.15) is 11.9 Å². The fourth-order valence-electron chi connectivity index (χ4n) is 3.37. The van der Waals surface area contributed by atoms with Gasteiger partial charge in [0, 0.05) is 48.2 Å². The summed E-state index contributed by atoms with van der Waals surface area (Å²) in [6, 6.07) is 7.56. The Morgan fingerprint density at radius 1 is 1.46 bits per heavy atom. The number of carbonyl (C=O) groups is 1. The first-order chi connectivity index (χ1) is 11.8. The van der Waals surface area contributed by atoms with E-state index in [2.05, 4.69) is 26.8 Å². The molecule has 124 valence electrons. The number of ether oxygens (including phenoxy) is 1. The molecule has 2 N–H and O–H groups in total. The summed E-state index contributed by atoms with van der Waals surface area (Å²) in [5.41, 5.74) is 1.64. The van der Waals surface area contributed by atoms with Gasteiger partial charge < -0.3 is 19.6 Å². The van der Waals surface area contributed by atoms with Crippen molar-refractivity contribution in [1.82, 2.24) is 19.9 Å². The molecule has 0 radical (unpaired) electrons. The molecule has 1 fully saturated rings. The molecule has 1 amide bonds. The van der Waals surface area contributed by atoms with Crippen LogP contribution in [0.15, 0.2) is 42.9 Å². The van der Waals surface area contributed by atoms with Gasteiger partial charge in [0.05, 0.1) is 6.04 Å². The molecule has 1 aliphatic heterocycles. The van der Waals surface area contributed by atoms with Gasteiger partial charge in [-0.15, -0.1) is 0 Å². The zero-order valence-electron chi connectivity index (χ0n) is 13.5. The van der Waals surface area contributed by atoms with E-state index in [4.69, 9.17) is 4.74 Å². The third-order valence-corrected chi connectivity index (χ3v) is 4.59. The highest BCUT2D eigenvalue weighted by Gasteiger charge is 2.34. The van der Waals surface area contributed by atoms with Crippen molar-refractivity contribution in [2.75, 3.05) is 6.61 Å². The molecule has 3 aromatic rings. The number of nitrogens with one attached hydrogen (secondary N) is 2. The van der Waals surface area contributed by atoms with Crippen molar-refractivity contribution in [3.8, 4) is 0 Å². The second kappa shape index (κ2) is 6.13. The summed E-state index contributed by atoms with van der Waals surface area (Å²) in [5, 5.41) is 4.07. The number of amides is 1. The van der Waals surface area contributed by atoms with Gasteiger partial charge in [0.25, 0.3) is 5.91 Å². The number of aromatic nitrogens is 3. The molecule has 4 rings (SSSR count). The lowest BCUT2D eigenvalue weighted by atomic mass is 10.1. The van der Waals surface area contributed by atoms with Crippen molar-refractivity contribution < 1.29 is 9.53 Å². The Bertz CT molecular complexity index is 867. The van der Waals surface area contributed by atoms with Crippen molar-refractivity contribution in [2.45, 2.75) is 32.0 Å². The van der Waals surface area contributed by atoms with Crippen LogP contribution >= 0.6 is 0 Å². The van der Waals surface area contributed by atoms with Crippen LogP contribution in [0.2, 0.25) is 0 Å². The minimum Gasteiger partial charge on any atom is -0.368 e. The number of aromatic amines is 1. The summed E-state index contributed by atoms with van der Waals surface area (Å²) in [6.07, 6.45) is 6.15. The first-order valence-electron chi connectivity index (χ1n) is 8.27. The quantitative estimate of drug-likeness (QED) is 0.775. The zero-order valence-corrected chi connectivity index (χ0v) is 13.5. The maximum atomic E-state index is 12.8. The molecule has 24 heavy (non-hydrogen) atoms. The van der Waals surface area contributed by atoms with E-state index >= 15 is 0 Å². The monoisotopic (exact) mass is 324 g/mol. The Labute approximate surface area is 139 Å². The Balaban J connectivity index is 1.58. The summed E-state index contributed by atoms with van der Waals surface area (Å²) < 4.78 is 7.92. The summed E-state index contributed by atoms with van der Waals surface area (Å²) in [7, 11) is 0. The van der Waals surface area contributed by atoms with Crippen molar-refractivity contribution in [3.63, 3.8) is 0 Å². The Hall–Kier alpha value is -2.60. The average molecular weight is 324 g/mol. The molecule has 1 aliphatic rings. The van der Waals surface area contributed by atoms with Crippen LogP contribution in [0, 0.1) is 0 Å². The summed E-state index contributed by atoms with van der Waals surface area (Å²) in [6.45, 7) is 3.53. The maximum absolute atomic E-state index is 12.8. The number of rotatable bonds is 4. The standard InChI is InChI=1S/C18H20N4O2/c1-2-22-10-9-20-17(22)16-15(7-11-24-16)21-18(23)13-4-3-5-14-12(13)6-8-19-14/h3-6,8-10,15-16,19H,2,7,11H2,1H3,(H,21,23)/t15-,16-/m0/s1. The highest BCUT2D eigenvalue weighted by Crippen LogP contribution is 2.29. The molecular formula is C18H20N4O2. The lowest BCUT2D eigenvalue weighted by Gasteiger charge is -2.20. The lowest BCUT2D eigenvalue weighted by Crippen LogP contribution is -2.37. The van der Waals surface area contributed by atoms with Crippen LogP contribution in [-0.4, -0.2) is 33.1 Å². The van der Waals surface area contributed by atoms with Crippen molar-refractivity contribution in [2.24, 2.45) is 0 Å². The molecule has 6 nitrogen and oxygen atoms in total. The molecular weight excluding hydrogens is 304 g/mol. The predicted octanol–water partition coefficient (Wildman–Crippen LogP) is 2.64. The molecule has 3 heterocycles. The molecule has 1 aromatic carbocycles. The zero-order chi connectivity index (χ0) is 16.5. The molecule has 0 unspecified atom stereocenters. The molecule has 0 spiro atoms. The molecule has 1 saturated heterocycles. The van der Waals surface area contributed by atoms with E-state index in [1.54, 1.807) is 6.20 Å². The normalized spacial score (nSPS) is 20.5. The largest absolute Gasteiger partial charge is 0.368 e. The van der Waals surface area contributed by atoms with Crippen LogP contribution in [0.1, 0.15) is 35.6 Å². The van der Waals surface area contributed by atoms with Crippen LogP contribution in [0.25, 0.3) is 10.9 Å². The first kappa shape index (κ1) is 15.0. The SMILES string of the molecule is CCn1ccnc1[C@H]1OCC[C@@H]1NC(=O)c1cccc2[nH]ccc12. The minimum atomic E-state index is -0.200. The second-order valence-corrected chi connectivity index (χ2v) is 5.98. The van der Waals surface area contributed by atoms with E-state index in [9.17, 15) is 4.79 Å². The fraction of sp³-hybridized carbons (Fsp3) is 0.333. The van der Waals surface area contributed by atoms with Gasteiger partial charge in [-0.3, -0.25) is 4.79 Å². The molecule has 0 aliphatic carbocycles. The summed E-state index contributed by atoms with van der Waals surface area (Å²) in [5.74, 6) is 0.801. The topological polar surface area (TPSA) is 71.9 Å². The van der Waals surface area contributed by atoms with E-state index in [1.165, 1.54) is 0 Å². The summed E-state index contributed by atoms with van der Waals surface area (Å²) >= 11 is 0. The Morgan fingerprint density at radius 2 is 2.38 bits per heavy atom. The first-order valence-corrected chi connectivity index (χ1v) is 8.27. The summed E-state index contributed by atoms with van der Waals surface area (Å²) in [4.78, 5) is 20.3. The van der Waals surface area contributed by atoms with Crippen molar-refractivity contribution >= 4 is 16.8 Å². The highest BCUT2D eigenvalue weighted by molar-refractivity contribution is 6.06. The van der Waals surface area contributed by atoms with Gasteiger partial charge in [0.2, 0.25) is 0 Å². The number of hydrogen-bond donors (Lipinski definition) is 2. The van der Waals surface area contributed by atoms with E-state index in [-0.39, 0.29) is 18.1 Å². The van der Waals surface area contributed by atoms with Gasteiger partial charge in [-0.05, 0) is 31.5 Å². The van der Waals surface area contributed by atoms with Crippen LogP contribution in [-0.2, 0) is 11.3 Å². The fourth-order valence-corrected chi connectivity index (χ4v) is 3.37. The van der Waals surface area contributed by atoms with Crippen LogP contribution in [0.5, 0.6) is 0 Å². The maximum Gasteiger partial charge on any atom is 0.252 e. The van der Waals surface area contributed by atoms with E-state index in [1.807, 2.05) is 36.7 Å². The predicted molar refractivity (Wildman–Crippen MR) is 90.8 cm³/mol. The minimum absolute atomic E-state index is 0.0700. The van der Waals surface area contributed by atoms with E-state index in [0.29, 0.717) is 12.2 Å². The van der Waals surface area contributed by atoms with Gasteiger partial charge in [-0.2, -0.15) is 0 Å². The molecule has 0 bridgehead atoms. The highest BCUT2D eigenvalue weighted by atomic mass is 16.5. The number of fused-ring (bicyclic) bond motifs is 1. The second-order valence-electron chi connectivity index (χ2n) is 5.98. The van der Waals surface area contributed by atoms with Crippen LogP contribution < -0.4 is 5.32 Å². The van der Waals surface area contributed by atoms with Gasteiger partial charge in [0.15, 0.2) is 0 Å². The molecule has 2 atom stereocenters. The Morgan fingerprint density at radius 3 is 3.25 bits per heavy atom. The van der Waals surface area contributed by atoms with Gasteiger partial charge >= 0.3 is 0 Å². The Kier molecular flexibility index (Phi) is 3.82. The number of benzene rings is 1.